The molecule has 6 nitrogen and oxygen atoms in total. The fourth-order valence-corrected chi connectivity index (χ4v) is 3.64. The van der Waals surface area contributed by atoms with Crippen LogP contribution < -0.4 is 11.2 Å². The van der Waals surface area contributed by atoms with E-state index in [1.165, 1.54) is 23.9 Å². The average Bonchev–Trinajstić information content (AvgIpc) is 2.88. The molecule has 0 aliphatic carbocycles. The monoisotopic (exact) mass is 379 g/mol. The Labute approximate surface area is 151 Å². The SMILES string of the molecule is Cc1c(C(=O)N/N=C\c2ccc(Cl)cc2Cl)sc2ncnc(N)c12. The van der Waals surface area contributed by atoms with Gasteiger partial charge in [0.05, 0.1) is 21.5 Å². The number of amides is 1. The Hall–Kier alpha value is -2.22. The number of nitrogens with two attached hydrogens (primary N) is 1. The van der Waals surface area contributed by atoms with Crippen LogP contribution in [-0.4, -0.2) is 22.1 Å². The highest BCUT2D eigenvalue weighted by Crippen LogP contribution is 2.31. The van der Waals surface area contributed by atoms with Crippen LogP contribution in [0, 0.1) is 6.92 Å². The first-order chi connectivity index (χ1) is 11.5. The first-order valence-corrected chi connectivity index (χ1v) is 8.32. The number of aromatic nitrogens is 2. The Bertz CT molecular complexity index is 970. The van der Waals surface area contributed by atoms with Crippen molar-refractivity contribution in [2.45, 2.75) is 6.92 Å². The number of anilines is 1. The number of halogens is 2. The number of carbonyl (C=O) groups is 1. The topological polar surface area (TPSA) is 93.3 Å². The summed E-state index contributed by atoms with van der Waals surface area (Å²) in [5, 5.41) is 5.60. The van der Waals surface area contributed by atoms with E-state index in [0.29, 0.717) is 36.5 Å². The second-order valence-electron chi connectivity index (χ2n) is 4.86. The maximum absolute atomic E-state index is 12.3. The van der Waals surface area contributed by atoms with Crippen LogP contribution in [-0.2, 0) is 0 Å². The largest absolute Gasteiger partial charge is 0.383 e. The number of hydrogen-bond donors (Lipinski definition) is 2. The molecule has 2 heterocycles. The normalized spacial score (nSPS) is 11.3. The van der Waals surface area contributed by atoms with Gasteiger partial charge in [-0.1, -0.05) is 29.3 Å². The number of nitrogen functional groups attached to an aromatic ring is 1. The van der Waals surface area contributed by atoms with Gasteiger partial charge in [0.1, 0.15) is 17.0 Å². The summed E-state index contributed by atoms with van der Waals surface area (Å²) in [5.41, 5.74) is 9.69. The van der Waals surface area contributed by atoms with Gasteiger partial charge in [-0.2, -0.15) is 5.10 Å². The molecular weight excluding hydrogens is 369 g/mol. The molecule has 0 saturated heterocycles. The summed E-state index contributed by atoms with van der Waals surface area (Å²) in [5.74, 6) is 0.000448. The number of rotatable bonds is 3. The van der Waals surface area contributed by atoms with Gasteiger partial charge in [0.15, 0.2) is 0 Å². The fraction of sp³-hybridized carbons (Fsp3) is 0.0667. The molecule has 9 heteroatoms. The quantitative estimate of drug-likeness (QED) is 0.536. The third-order valence-corrected chi connectivity index (χ3v) is 5.06. The molecule has 1 aromatic carbocycles. The van der Waals surface area contributed by atoms with E-state index in [0.717, 1.165) is 5.56 Å². The van der Waals surface area contributed by atoms with Crippen molar-refractivity contribution in [3.63, 3.8) is 0 Å². The molecule has 0 bridgehead atoms. The summed E-state index contributed by atoms with van der Waals surface area (Å²) in [4.78, 5) is 21.5. The second kappa shape index (κ2) is 6.72. The minimum atomic E-state index is -0.351. The minimum Gasteiger partial charge on any atom is -0.383 e. The molecule has 0 aliphatic rings. The van der Waals surface area contributed by atoms with Crippen LogP contribution in [0.2, 0.25) is 10.0 Å². The standard InChI is InChI=1S/C15H11Cl2N5OS/c1-7-11-13(18)19-6-20-15(11)24-12(7)14(23)22-21-5-8-2-3-9(16)4-10(8)17/h2-6H,1H3,(H,22,23)(H2,18,19,20)/b21-5-. The lowest BCUT2D eigenvalue weighted by molar-refractivity contribution is 0.0958. The van der Waals surface area contributed by atoms with Crippen molar-refractivity contribution >= 4 is 62.7 Å². The Kier molecular flexibility index (Phi) is 4.66. The molecule has 2 aromatic heterocycles. The van der Waals surface area contributed by atoms with Crippen molar-refractivity contribution in [3.8, 4) is 0 Å². The number of hydrazone groups is 1. The molecule has 0 unspecified atom stereocenters. The molecule has 1 amide bonds. The van der Waals surface area contributed by atoms with E-state index in [9.17, 15) is 4.79 Å². The molecule has 3 aromatic rings. The second-order valence-corrected chi connectivity index (χ2v) is 6.70. The molecule has 0 atom stereocenters. The Morgan fingerprint density at radius 3 is 2.88 bits per heavy atom. The summed E-state index contributed by atoms with van der Waals surface area (Å²) in [6.07, 6.45) is 2.82. The molecule has 0 aliphatic heterocycles. The van der Waals surface area contributed by atoms with Crippen molar-refractivity contribution in [3.05, 3.63) is 50.6 Å². The van der Waals surface area contributed by atoms with Crippen molar-refractivity contribution in [2.24, 2.45) is 5.10 Å². The van der Waals surface area contributed by atoms with Crippen molar-refractivity contribution in [1.29, 1.82) is 0 Å². The van der Waals surface area contributed by atoms with E-state index in [-0.39, 0.29) is 5.91 Å². The lowest BCUT2D eigenvalue weighted by Gasteiger charge is -2.00. The molecule has 122 valence electrons. The molecular formula is C15H11Cl2N5OS. The van der Waals surface area contributed by atoms with Crippen molar-refractivity contribution in [2.75, 3.05) is 5.73 Å². The number of nitrogens with zero attached hydrogens (tertiary/aromatic N) is 3. The van der Waals surface area contributed by atoms with Gasteiger partial charge in [-0.25, -0.2) is 15.4 Å². The lowest BCUT2D eigenvalue weighted by Crippen LogP contribution is -2.17. The van der Waals surface area contributed by atoms with Gasteiger partial charge in [0.25, 0.3) is 5.91 Å². The number of carbonyl (C=O) groups excluding carboxylic acids is 1. The van der Waals surface area contributed by atoms with Crippen LogP contribution in [0.25, 0.3) is 10.2 Å². The van der Waals surface area contributed by atoms with Gasteiger partial charge < -0.3 is 5.73 Å². The van der Waals surface area contributed by atoms with Crippen molar-refractivity contribution < 1.29 is 4.79 Å². The highest BCUT2D eigenvalue weighted by atomic mass is 35.5. The molecule has 0 radical (unpaired) electrons. The van der Waals surface area contributed by atoms with Crippen LogP contribution in [0.1, 0.15) is 20.8 Å². The predicted octanol–water partition coefficient (Wildman–Crippen LogP) is 3.65. The average molecular weight is 380 g/mol. The third-order valence-electron chi connectivity index (χ3n) is 3.29. The number of nitrogens with one attached hydrogen (secondary N) is 1. The molecule has 24 heavy (non-hydrogen) atoms. The van der Waals surface area contributed by atoms with Gasteiger partial charge in [-0.3, -0.25) is 4.79 Å². The van der Waals surface area contributed by atoms with Crippen LogP contribution in [0.15, 0.2) is 29.6 Å². The Balaban J connectivity index is 1.82. The summed E-state index contributed by atoms with van der Waals surface area (Å²) in [6.45, 7) is 1.80. The predicted molar refractivity (Wildman–Crippen MR) is 98.1 cm³/mol. The zero-order valence-corrected chi connectivity index (χ0v) is 14.7. The Morgan fingerprint density at radius 2 is 2.17 bits per heavy atom. The van der Waals surface area contributed by atoms with E-state index in [4.69, 9.17) is 28.9 Å². The first kappa shape index (κ1) is 16.6. The number of thiophene rings is 1. The highest BCUT2D eigenvalue weighted by Gasteiger charge is 2.18. The van der Waals surface area contributed by atoms with Crippen LogP contribution >= 0.6 is 34.5 Å². The number of aryl methyl sites for hydroxylation is 1. The summed E-state index contributed by atoms with van der Waals surface area (Å²) in [6, 6.07) is 5.00. The zero-order valence-electron chi connectivity index (χ0n) is 12.4. The molecule has 0 spiro atoms. The highest BCUT2D eigenvalue weighted by molar-refractivity contribution is 7.20. The van der Waals surface area contributed by atoms with Crippen LogP contribution in [0.5, 0.6) is 0 Å². The number of hydrogen-bond acceptors (Lipinski definition) is 6. The van der Waals surface area contributed by atoms with Crippen molar-refractivity contribution in [1.82, 2.24) is 15.4 Å². The maximum Gasteiger partial charge on any atom is 0.281 e. The van der Waals surface area contributed by atoms with E-state index in [2.05, 4.69) is 20.5 Å². The molecule has 0 fully saturated rings. The smallest absolute Gasteiger partial charge is 0.281 e. The summed E-state index contributed by atoms with van der Waals surface area (Å²) >= 11 is 13.1. The fourth-order valence-electron chi connectivity index (χ4n) is 2.13. The maximum atomic E-state index is 12.3. The Morgan fingerprint density at radius 1 is 1.38 bits per heavy atom. The summed E-state index contributed by atoms with van der Waals surface area (Å²) in [7, 11) is 0. The molecule has 3 rings (SSSR count). The van der Waals surface area contributed by atoms with Crippen LogP contribution in [0.3, 0.4) is 0 Å². The van der Waals surface area contributed by atoms with E-state index < -0.39 is 0 Å². The molecule has 3 N–H and O–H groups in total. The number of fused-ring (bicyclic) bond motifs is 1. The van der Waals surface area contributed by atoms with Crippen LogP contribution in [0.4, 0.5) is 5.82 Å². The van der Waals surface area contributed by atoms with Gasteiger partial charge in [-0.05, 0) is 24.6 Å². The number of benzene rings is 1. The van der Waals surface area contributed by atoms with E-state index in [1.807, 2.05) is 0 Å². The van der Waals surface area contributed by atoms with E-state index >= 15 is 0 Å². The summed E-state index contributed by atoms with van der Waals surface area (Å²) < 4.78 is 0. The third kappa shape index (κ3) is 3.19. The van der Waals surface area contributed by atoms with Gasteiger partial charge in [0, 0.05) is 10.6 Å². The van der Waals surface area contributed by atoms with Gasteiger partial charge in [-0.15, -0.1) is 11.3 Å². The lowest BCUT2D eigenvalue weighted by atomic mass is 10.2. The minimum absolute atomic E-state index is 0.351. The zero-order chi connectivity index (χ0) is 17.3. The van der Waals surface area contributed by atoms with E-state index in [1.54, 1.807) is 25.1 Å². The molecule has 0 saturated carbocycles. The first-order valence-electron chi connectivity index (χ1n) is 6.75. The van der Waals surface area contributed by atoms with Gasteiger partial charge >= 0.3 is 0 Å². The van der Waals surface area contributed by atoms with Gasteiger partial charge in [0.2, 0.25) is 0 Å².